The number of rotatable bonds is 2. The van der Waals surface area contributed by atoms with Crippen molar-refractivity contribution in [1.29, 1.82) is 0 Å². The molecule has 3 aromatic rings. The van der Waals surface area contributed by atoms with Gasteiger partial charge in [0.1, 0.15) is 24.4 Å². The largest absolute Gasteiger partial charge is 0.486 e. The van der Waals surface area contributed by atoms with Gasteiger partial charge < -0.3 is 19.2 Å². The number of carbonyl (C=O) groups is 1. The molecule has 0 spiro atoms. The molecule has 25 heavy (non-hydrogen) atoms. The minimum atomic E-state index is -0.718. The second-order valence-electron chi connectivity index (χ2n) is 5.42. The van der Waals surface area contributed by atoms with Crippen LogP contribution >= 0.6 is 11.6 Å². The maximum absolute atomic E-state index is 12.5. The molecule has 4 rings (SSSR count). The second kappa shape index (κ2) is 6.14. The molecule has 2 aromatic carbocycles. The number of amides is 1. The molecule has 1 aliphatic rings. The summed E-state index contributed by atoms with van der Waals surface area (Å²) in [4.78, 5) is 24.6. The minimum absolute atomic E-state index is 0.107. The van der Waals surface area contributed by atoms with E-state index in [1.807, 2.05) is 0 Å². The third-order valence-corrected chi connectivity index (χ3v) is 4.08. The quantitative estimate of drug-likeness (QED) is 0.710. The normalized spacial score (nSPS) is 12.8. The fourth-order valence-corrected chi connectivity index (χ4v) is 2.77. The molecule has 7 heteroatoms. The SMILES string of the molecule is O=C(Nc1cc2c(cc1Cl)OCCO2)c1cc2ccccc2oc1=O. The maximum Gasteiger partial charge on any atom is 0.349 e. The Kier molecular flexibility index (Phi) is 3.82. The minimum Gasteiger partial charge on any atom is -0.486 e. The van der Waals surface area contributed by atoms with Gasteiger partial charge in [0.15, 0.2) is 11.5 Å². The van der Waals surface area contributed by atoms with Crippen LogP contribution in [0.15, 0.2) is 51.7 Å². The average molecular weight is 358 g/mol. The van der Waals surface area contributed by atoms with Crippen LogP contribution in [-0.4, -0.2) is 19.1 Å². The molecular weight excluding hydrogens is 346 g/mol. The first-order chi connectivity index (χ1) is 12.1. The molecule has 0 bridgehead atoms. The molecule has 1 N–H and O–H groups in total. The van der Waals surface area contributed by atoms with Gasteiger partial charge >= 0.3 is 5.63 Å². The van der Waals surface area contributed by atoms with E-state index >= 15 is 0 Å². The topological polar surface area (TPSA) is 77.8 Å². The Balaban J connectivity index is 1.68. The van der Waals surface area contributed by atoms with Gasteiger partial charge in [0.2, 0.25) is 0 Å². The predicted molar refractivity (Wildman–Crippen MR) is 92.9 cm³/mol. The van der Waals surface area contributed by atoms with Crippen molar-refractivity contribution >= 4 is 34.2 Å². The summed E-state index contributed by atoms with van der Waals surface area (Å²) in [6.07, 6.45) is 0. The molecule has 0 unspecified atom stereocenters. The van der Waals surface area contributed by atoms with Crippen LogP contribution in [0.3, 0.4) is 0 Å². The van der Waals surface area contributed by atoms with Crippen LogP contribution in [0.4, 0.5) is 5.69 Å². The number of nitrogens with one attached hydrogen (secondary N) is 1. The fraction of sp³-hybridized carbons (Fsp3) is 0.111. The first-order valence-electron chi connectivity index (χ1n) is 7.55. The Morgan fingerprint density at radius 2 is 1.76 bits per heavy atom. The van der Waals surface area contributed by atoms with Gasteiger partial charge in [0.05, 0.1) is 10.7 Å². The highest BCUT2D eigenvalue weighted by atomic mass is 35.5. The fourth-order valence-electron chi connectivity index (χ4n) is 2.57. The lowest BCUT2D eigenvalue weighted by Gasteiger charge is -2.19. The number of carbonyl (C=O) groups excluding carboxylic acids is 1. The van der Waals surface area contributed by atoms with Crippen LogP contribution in [0.25, 0.3) is 11.0 Å². The molecule has 0 saturated carbocycles. The van der Waals surface area contributed by atoms with E-state index in [0.717, 1.165) is 0 Å². The van der Waals surface area contributed by atoms with E-state index in [9.17, 15) is 9.59 Å². The summed E-state index contributed by atoms with van der Waals surface area (Å²) in [7, 11) is 0. The summed E-state index contributed by atoms with van der Waals surface area (Å²) >= 11 is 6.18. The van der Waals surface area contributed by atoms with Crippen LogP contribution in [0, 0.1) is 0 Å². The number of hydrogen-bond acceptors (Lipinski definition) is 5. The van der Waals surface area contributed by atoms with Crippen LogP contribution in [-0.2, 0) is 0 Å². The smallest absolute Gasteiger partial charge is 0.349 e. The highest BCUT2D eigenvalue weighted by molar-refractivity contribution is 6.34. The van der Waals surface area contributed by atoms with E-state index in [1.54, 1.807) is 36.4 Å². The summed E-state index contributed by atoms with van der Waals surface area (Å²) in [6.45, 7) is 0.851. The van der Waals surface area contributed by atoms with E-state index in [4.69, 9.17) is 25.5 Å². The Hall–Kier alpha value is -2.99. The third-order valence-electron chi connectivity index (χ3n) is 3.77. The van der Waals surface area contributed by atoms with Gasteiger partial charge in [-0.15, -0.1) is 0 Å². The number of fused-ring (bicyclic) bond motifs is 2. The molecular formula is C18H12ClNO5. The molecule has 2 heterocycles. The van der Waals surface area contributed by atoms with Crippen molar-refractivity contribution in [1.82, 2.24) is 0 Å². The second-order valence-corrected chi connectivity index (χ2v) is 5.82. The van der Waals surface area contributed by atoms with Crippen LogP contribution in [0.2, 0.25) is 5.02 Å². The molecule has 6 nitrogen and oxygen atoms in total. The van der Waals surface area contributed by atoms with Crippen molar-refractivity contribution in [3.05, 3.63) is 63.5 Å². The lowest BCUT2D eigenvalue weighted by atomic mass is 10.1. The molecule has 0 radical (unpaired) electrons. The van der Waals surface area contributed by atoms with Gasteiger partial charge in [-0.25, -0.2) is 4.79 Å². The van der Waals surface area contributed by atoms with Crippen molar-refractivity contribution in [2.75, 3.05) is 18.5 Å². The first kappa shape index (κ1) is 15.5. The summed E-state index contributed by atoms with van der Waals surface area (Å²) in [6, 6.07) is 11.6. The highest BCUT2D eigenvalue weighted by Gasteiger charge is 2.19. The van der Waals surface area contributed by atoms with Gasteiger partial charge in [-0.3, -0.25) is 4.79 Å². The summed E-state index contributed by atoms with van der Waals surface area (Å²) < 4.78 is 16.1. The zero-order valence-corrected chi connectivity index (χ0v) is 13.6. The van der Waals surface area contributed by atoms with E-state index in [-0.39, 0.29) is 10.6 Å². The van der Waals surface area contributed by atoms with Gasteiger partial charge in [0, 0.05) is 17.5 Å². The van der Waals surface area contributed by atoms with Crippen molar-refractivity contribution in [3.63, 3.8) is 0 Å². The van der Waals surface area contributed by atoms with Crippen molar-refractivity contribution < 1.29 is 18.7 Å². The first-order valence-corrected chi connectivity index (χ1v) is 7.93. The third kappa shape index (κ3) is 2.92. The van der Waals surface area contributed by atoms with E-state index < -0.39 is 11.5 Å². The monoisotopic (exact) mass is 357 g/mol. The van der Waals surface area contributed by atoms with Crippen LogP contribution in [0.5, 0.6) is 11.5 Å². The van der Waals surface area contributed by atoms with Gasteiger partial charge in [-0.2, -0.15) is 0 Å². The van der Waals surface area contributed by atoms with E-state index in [0.29, 0.717) is 41.4 Å². The zero-order chi connectivity index (χ0) is 17.4. The molecule has 0 aliphatic carbocycles. The molecule has 1 aromatic heterocycles. The lowest BCUT2D eigenvalue weighted by molar-refractivity contribution is 0.102. The highest BCUT2D eigenvalue weighted by Crippen LogP contribution is 2.38. The Bertz CT molecular complexity index is 1040. The number of ether oxygens (including phenoxy) is 2. The number of hydrogen-bond donors (Lipinski definition) is 1. The Morgan fingerprint density at radius 1 is 1.04 bits per heavy atom. The molecule has 1 amide bonds. The lowest BCUT2D eigenvalue weighted by Crippen LogP contribution is -2.21. The standard InChI is InChI=1S/C18H12ClNO5/c19-12-8-15-16(24-6-5-23-15)9-13(12)20-17(21)11-7-10-3-1-2-4-14(10)25-18(11)22/h1-4,7-9H,5-6H2,(H,20,21). The number of benzene rings is 2. The molecule has 126 valence electrons. The zero-order valence-electron chi connectivity index (χ0n) is 12.9. The molecule has 1 aliphatic heterocycles. The van der Waals surface area contributed by atoms with Crippen molar-refractivity contribution in [2.45, 2.75) is 0 Å². The van der Waals surface area contributed by atoms with Gasteiger partial charge in [-0.05, 0) is 12.1 Å². The van der Waals surface area contributed by atoms with E-state index in [1.165, 1.54) is 6.07 Å². The molecule has 0 fully saturated rings. The molecule has 0 atom stereocenters. The van der Waals surface area contributed by atoms with Gasteiger partial charge in [0.25, 0.3) is 5.91 Å². The molecule has 0 saturated heterocycles. The van der Waals surface area contributed by atoms with Gasteiger partial charge in [-0.1, -0.05) is 29.8 Å². The number of halogens is 1. The Labute approximate surface area is 146 Å². The van der Waals surface area contributed by atoms with Crippen molar-refractivity contribution in [3.8, 4) is 11.5 Å². The van der Waals surface area contributed by atoms with E-state index in [2.05, 4.69) is 5.32 Å². The number of para-hydroxylation sites is 1. The summed E-state index contributed by atoms with van der Waals surface area (Å²) in [5.41, 5.74) is -0.0839. The predicted octanol–water partition coefficient (Wildman–Crippen LogP) is 3.47. The average Bonchev–Trinajstić information content (AvgIpc) is 2.61. The van der Waals surface area contributed by atoms with Crippen LogP contribution < -0.4 is 20.4 Å². The number of anilines is 1. The Morgan fingerprint density at radius 3 is 2.56 bits per heavy atom. The maximum atomic E-state index is 12.5. The van der Waals surface area contributed by atoms with Crippen LogP contribution in [0.1, 0.15) is 10.4 Å². The summed E-state index contributed by atoms with van der Waals surface area (Å²) in [5, 5.41) is 3.55. The summed E-state index contributed by atoms with van der Waals surface area (Å²) in [5.74, 6) is 0.383. The van der Waals surface area contributed by atoms with Crippen molar-refractivity contribution in [2.24, 2.45) is 0 Å².